The molecule has 6 N–H and O–H groups in total. The Kier molecular flexibility index (Phi) is 8.42. The highest BCUT2D eigenvalue weighted by Crippen LogP contribution is 2.29. The van der Waals surface area contributed by atoms with E-state index in [0.717, 1.165) is 60.3 Å². The summed E-state index contributed by atoms with van der Waals surface area (Å²) in [4.78, 5) is 8.29. The van der Waals surface area contributed by atoms with E-state index < -0.39 is 11.7 Å². The molecule has 0 spiro atoms. The SMILES string of the molecule is C=C(NC1CCC(=Cc2cccc(Cc3ccc(C(F)(F)F)cn3)c2)CC1)c1ccc(/C(N)=N/NN)nc1. The van der Waals surface area contributed by atoms with Crippen molar-refractivity contribution in [3.8, 4) is 0 Å². The zero-order valence-corrected chi connectivity index (χ0v) is 20.8. The lowest BCUT2D eigenvalue weighted by molar-refractivity contribution is -0.137. The largest absolute Gasteiger partial charge is 0.417 e. The van der Waals surface area contributed by atoms with Gasteiger partial charge in [-0.1, -0.05) is 42.5 Å². The van der Waals surface area contributed by atoms with Gasteiger partial charge >= 0.3 is 6.18 Å². The van der Waals surface area contributed by atoms with Gasteiger partial charge in [0.25, 0.3) is 0 Å². The van der Waals surface area contributed by atoms with E-state index in [1.54, 1.807) is 12.3 Å². The van der Waals surface area contributed by atoms with Crippen LogP contribution in [0.5, 0.6) is 0 Å². The van der Waals surface area contributed by atoms with Gasteiger partial charge in [0.2, 0.25) is 0 Å². The predicted octanol–water partition coefficient (Wildman–Crippen LogP) is 4.76. The molecule has 1 fully saturated rings. The molecule has 38 heavy (non-hydrogen) atoms. The molecule has 0 aliphatic heterocycles. The number of nitrogens with two attached hydrogens (primary N) is 2. The molecule has 198 valence electrons. The molecule has 7 nitrogen and oxygen atoms in total. The number of amidine groups is 1. The minimum Gasteiger partial charge on any atom is -0.382 e. The van der Waals surface area contributed by atoms with Crippen LogP contribution in [0.3, 0.4) is 0 Å². The van der Waals surface area contributed by atoms with Crippen molar-refractivity contribution in [2.75, 3.05) is 0 Å². The van der Waals surface area contributed by atoms with Crippen LogP contribution in [0.25, 0.3) is 11.8 Å². The predicted molar refractivity (Wildman–Crippen MR) is 143 cm³/mol. The zero-order valence-electron chi connectivity index (χ0n) is 20.8. The number of hydrogen-bond donors (Lipinski definition) is 4. The molecule has 0 atom stereocenters. The van der Waals surface area contributed by atoms with Crippen molar-refractivity contribution in [3.63, 3.8) is 0 Å². The minimum absolute atomic E-state index is 0.200. The van der Waals surface area contributed by atoms with Crippen LogP contribution in [0.4, 0.5) is 13.2 Å². The molecule has 2 aromatic heterocycles. The van der Waals surface area contributed by atoms with Crippen LogP contribution in [0.15, 0.2) is 78.2 Å². The van der Waals surface area contributed by atoms with Crippen molar-refractivity contribution in [2.45, 2.75) is 44.3 Å². The Bertz CT molecular complexity index is 1300. The average molecular weight is 522 g/mol. The number of allylic oxidation sites excluding steroid dienone is 1. The molecular formula is C28H30F3N7. The molecule has 1 aliphatic carbocycles. The maximum absolute atomic E-state index is 12.8. The van der Waals surface area contributed by atoms with Crippen molar-refractivity contribution >= 4 is 17.6 Å². The average Bonchev–Trinajstić information content (AvgIpc) is 2.90. The number of rotatable bonds is 8. The van der Waals surface area contributed by atoms with Gasteiger partial charge in [-0.15, -0.1) is 5.10 Å². The quantitative estimate of drug-likeness (QED) is 0.147. The first-order chi connectivity index (χ1) is 18.2. The lowest BCUT2D eigenvalue weighted by Crippen LogP contribution is -2.30. The summed E-state index contributed by atoms with van der Waals surface area (Å²) in [5.74, 6) is 5.35. The van der Waals surface area contributed by atoms with Gasteiger partial charge in [0.05, 0.1) is 5.56 Å². The first-order valence-corrected chi connectivity index (χ1v) is 12.2. The number of benzene rings is 1. The number of hydrazine groups is 1. The summed E-state index contributed by atoms with van der Waals surface area (Å²) in [6.07, 6.45) is 4.78. The third kappa shape index (κ3) is 7.19. The number of hydrogen-bond acceptors (Lipinski definition) is 6. The Morgan fingerprint density at radius 2 is 1.87 bits per heavy atom. The number of pyridine rings is 2. The second-order valence-electron chi connectivity index (χ2n) is 9.22. The van der Waals surface area contributed by atoms with Crippen molar-refractivity contribution in [1.82, 2.24) is 20.8 Å². The van der Waals surface area contributed by atoms with Gasteiger partial charge in [-0.3, -0.25) is 9.97 Å². The molecule has 0 unspecified atom stereocenters. The van der Waals surface area contributed by atoms with Gasteiger partial charge in [0, 0.05) is 41.8 Å². The zero-order chi connectivity index (χ0) is 27.1. The first kappa shape index (κ1) is 26.9. The van der Waals surface area contributed by atoms with Crippen LogP contribution in [-0.4, -0.2) is 21.8 Å². The van der Waals surface area contributed by atoms with Gasteiger partial charge in [-0.2, -0.15) is 13.2 Å². The lowest BCUT2D eigenvalue weighted by atomic mass is 9.89. The van der Waals surface area contributed by atoms with Crippen molar-refractivity contribution in [1.29, 1.82) is 0 Å². The highest BCUT2D eigenvalue weighted by molar-refractivity contribution is 5.95. The molecule has 0 bridgehead atoms. The third-order valence-corrected chi connectivity index (χ3v) is 6.42. The smallest absolute Gasteiger partial charge is 0.382 e. The molecule has 2 heterocycles. The van der Waals surface area contributed by atoms with E-state index in [1.807, 2.05) is 24.3 Å². The summed E-state index contributed by atoms with van der Waals surface area (Å²) in [6.45, 7) is 4.16. The molecule has 1 aromatic carbocycles. The third-order valence-electron chi connectivity index (χ3n) is 6.42. The monoisotopic (exact) mass is 521 g/mol. The summed E-state index contributed by atoms with van der Waals surface area (Å²) in [7, 11) is 0. The van der Waals surface area contributed by atoms with E-state index in [-0.39, 0.29) is 5.84 Å². The first-order valence-electron chi connectivity index (χ1n) is 12.2. The number of nitrogens with one attached hydrogen (secondary N) is 2. The Morgan fingerprint density at radius 3 is 2.50 bits per heavy atom. The van der Waals surface area contributed by atoms with E-state index in [4.69, 9.17) is 11.6 Å². The van der Waals surface area contributed by atoms with Gasteiger partial charge in [0.1, 0.15) is 5.69 Å². The van der Waals surface area contributed by atoms with E-state index in [0.29, 0.717) is 23.9 Å². The molecule has 1 aliphatic rings. The highest BCUT2D eigenvalue weighted by Gasteiger charge is 2.30. The molecule has 0 amide bonds. The maximum atomic E-state index is 12.8. The van der Waals surface area contributed by atoms with Crippen molar-refractivity contribution < 1.29 is 13.2 Å². The van der Waals surface area contributed by atoms with Gasteiger partial charge in [0.15, 0.2) is 5.84 Å². The van der Waals surface area contributed by atoms with E-state index in [1.165, 1.54) is 11.6 Å². The van der Waals surface area contributed by atoms with E-state index in [2.05, 4.69) is 44.6 Å². The van der Waals surface area contributed by atoms with Crippen molar-refractivity contribution in [3.05, 3.63) is 107 Å². The van der Waals surface area contributed by atoms with Gasteiger partial charge in [-0.25, -0.2) is 11.4 Å². The van der Waals surface area contributed by atoms with Gasteiger partial charge < -0.3 is 11.1 Å². The molecule has 0 radical (unpaired) electrons. The number of aromatic nitrogens is 2. The Balaban J connectivity index is 1.30. The van der Waals surface area contributed by atoms with Crippen LogP contribution in [0.1, 0.15) is 59.3 Å². The maximum Gasteiger partial charge on any atom is 0.417 e. The number of halogens is 3. The fraction of sp³-hybridized carbons (Fsp3) is 0.250. The van der Waals surface area contributed by atoms with Crippen LogP contribution in [-0.2, 0) is 12.6 Å². The molecule has 3 aromatic rings. The van der Waals surface area contributed by atoms with Crippen LogP contribution >= 0.6 is 0 Å². The number of nitrogens with zero attached hydrogens (tertiary/aromatic N) is 3. The fourth-order valence-electron chi connectivity index (χ4n) is 4.39. The topological polar surface area (TPSA) is 114 Å². The van der Waals surface area contributed by atoms with Gasteiger partial charge in [-0.05, 0) is 61.1 Å². The summed E-state index contributed by atoms with van der Waals surface area (Å²) < 4.78 is 38.3. The second kappa shape index (κ2) is 11.9. The Morgan fingerprint density at radius 1 is 1.08 bits per heavy atom. The number of alkyl halides is 3. The van der Waals surface area contributed by atoms with Crippen LogP contribution < -0.4 is 22.4 Å². The summed E-state index contributed by atoms with van der Waals surface area (Å²) >= 11 is 0. The Hall–Kier alpha value is -4.18. The summed E-state index contributed by atoms with van der Waals surface area (Å²) in [5.41, 5.74) is 13.4. The lowest BCUT2D eigenvalue weighted by Gasteiger charge is -2.27. The fourth-order valence-corrected chi connectivity index (χ4v) is 4.39. The summed E-state index contributed by atoms with van der Waals surface area (Å²) in [5, 5.41) is 7.22. The molecule has 10 heteroatoms. The van der Waals surface area contributed by atoms with Crippen LogP contribution in [0, 0.1) is 0 Å². The highest BCUT2D eigenvalue weighted by atomic mass is 19.4. The molecule has 1 saturated carbocycles. The Labute approximate surface area is 219 Å². The normalized spacial score (nSPS) is 16.2. The second-order valence-corrected chi connectivity index (χ2v) is 9.22. The number of hydrazone groups is 1. The minimum atomic E-state index is -4.38. The standard InChI is InChI=1S/C28H30F3N7/c1-18(22-7-12-26(35-16-22)27(32)37-38-33)36-24-9-5-19(6-10-24)13-20-3-2-4-21(14-20)15-25-11-8-23(17-34-25)28(29,30)31/h2-4,7-8,11-14,16-17,24,36,38H,1,5-6,9-10,15,33H2,(H2,32,37). The van der Waals surface area contributed by atoms with E-state index in [9.17, 15) is 13.2 Å². The van der Waals surface area contributed by atoms with Crippen LogP contribution in [0.2, 0.25) is 0 Å². The molecule has 4 rings (SSSR count). The van der Waals surface area contributed by atoms with Crippen molar-refractivity contribution in [2.24, 2.45) is 16.7 Å². The molecular weight excluding hydrogens is 491 g/mol. The molecule has 0 saturated heterocycles. The summed E-state index contributed by atoms with van der Waals surface area (Å²) in [6, 6.07) is 14.5. The van der Waals surface area contributed by atoms with E-state index >= 15 is 0 Å².